The third kappa shape index (κ3) is 4.18. The lowest BCUT2D eigenvalue weighted by molar-refractivity contribution is -0.139. The minimum Gasteiger partial charge on any atom is -0.313 e. The lowest BCUT2D eigenvalue weighted by Crippen LogP contribution is -2.52. The van der Waals surface area contributed by atoms with Crippen LogP contribution in [-0.4, -0.2) is 58.2 Å². The van der Waals surface area contributed by atoms with E-state index in [1.807, 2.05) is 18.7 Å². The summed E-state index contributed by atoms with van der Waals surface area (Å²) in [6, 6.07) is -0.277. The minimum absolute atomic E-state index is 0.0111. The van der Waals surface area contributed by atoms with Gasteiger partial charge < -0.3 is 4.90 Å². The van der Waals surface area contributed by atoms with E-state index in [1.54, 1.807) is 11.9 Å². The van der Waals surface area contributed by atoms with Crippen LogP contribution in [0.4, 0.5) is 4.79 Å². The maximum Gasteiger partial charge on any atom is 0.327 e. The average molecular weight is 449 g/mol. The van der Waals surface area contributed by atoms with Crippen LogP contribution in [-0.2, 0) is 9.59 Å². The maximum absolute atomic E-state index is 13.6. The number of imide groups is 1. The summed E-state index contributed by atoms with van der Waals surface area (Å²) in [5.41, 5.74) is -0.714. The molecule has 2 heterocycles. The molecule has 6 heteroatoms. The quantitative estimate of drug-likeness (QED) is 0.550. The summed E-state index contributed by atoms with van der Waals surface area (Å²) in [7, 11) is 1.75. The zero-order chi connectivity index (χ0) is 22.1. The Morgan fingerprint density at radius 2 is 1.55 bits per heavy atom. The fourth-order valence-corrected chi connectivity index (χ4v) is 8.56. The van der Waals surface area contributed by atoms with Crippen molar-refractivity contribution in [2.75, 3.05) is 25.1 Å². The van der Waals surface area contributed by atoms with Crippen molar-refractivity contribution in [3.05, 3.63) is 0 Å². The highest BCUT2D eigenvalue weighted by Crippen LogP contribution is 2.50. The lowest BCUT2D eigenvalue weighted by atomic mass is 9.69. The van der Waals surface area contributed by atoms with Gasteiger partial charge in [-0.05, 0) is 49.7 Å². The highest BCUT2D eigenvalue weighted by molar-refractivity contribution is 7.99. The van der Waals surface area contributed by atoms with Crippen molar-refractivity contribution in [3.8, 4) is 0 Å². The number of thioether (sulfide) groups is 1. The van der Waals surface area contributed by atoms with E-state index in [1.165, 1.54) is 49.8 Å². The third-order valence-corrected chi connectivity index (χ3v) is 10.4. The average Bonchev–Trinajstić information content (AvgIpc) is 3.31. The SMILES string of the molecule is CN1C(=O)N(CC(=O)C2CSCC23CCCCCCCC3)C(=O)C1(C)C1CCCCC1. The molecule has 2 saturated heterocycles. The second-order valence-corrected chi connectivity index (χ2v) is 11.8. The number of likely N-dealkylation sites (N-methyl/N-ethyl adjacent to an activating group) is 1. The molecule has 1 spiro atoms. The standard InChI is InChI=1S/C25H40N2O3S/c1-24(19-12-8-7-9-13-19)22(29)27(23(30)26(24)2)16-21(28)20-17-31-18-25(20)14-10-5-3-4-6-11-15-25/h19-20H,3-18H2,1-2H3. The molecule has 2 aliphatic carbocycles. The van der Waals surface area contributed by atoms with Gasteiger partial charge in [-0.3, -0.25) is 14.5 Å². The van der Waals surface area contributed by atoms with Crippen molar-refractivity contribution >= 4 is 29.5 Å². The Balaban J connectivity index is 1.49. The number of ketones is 1. The first-order valence-corrected chi connectivity index (χ1v) is 13.8. The molecular formula is C25H40N2O3S. The fourth-order valence-electron chi connectivity index (χ4n) is 6.77. The summed E-state index contributed by atoms with van der Waals surface area (Å²) in [5.74, 6) is 2.07. The molecule has 3 amide bonds. The van der Waals surface area contributed by atoms with Crippen LogP contribution in [0.15, 0.2) is 0 Å². The highest BCUT2D eigenvalue weighted by Gasteiger charge is 2.57. The number of Topliss-reactive ketones (excluding diaryl/α,β-unsaturated/α-hetero) is 1. The predicted molar refractivity (Wildman–Crippen MR) is 125 cm³/mol. The summed E-state index contributed by atoms with van der Waals surface area (Å²) in [6.45, 7) is 1.90. The Hall–Kier alpha value is -1.04. The van der Waals surface area contributed by atoms with Crippen LogP contribution >= 0.6 is 11.8 Å². The van der Waals surface area contributed by atoms with Crippen molar-refractivity contribution in [2.45, 2.75) is 95.9 Å². The van der Waals surface area contributed by atoms with Gasteiger partial charge in [0.05, 0.1) is 6.54 Å². The maximum atomic E-state index is 13.6. The first-order chi connectivity index (χ1) is 14.9. The zero-order valence-corrected chi connectivity index (χ0v) is 20.3. The number of amides is 3. The van der Waals surface area contributed by atoms with Crippen LogP contribution in [0, 0.1) is 17.3 Å². The van der Waals surface area contributed by atoms with Gasteiger partial charge in [-0.1, -0.05) is 57.8 Å². The van der Waals surface area contributed by atoms with E-state index in [2.05, 4.69) is 0 Å². The molecule has 2 aliphatic heterocycles. The minimum atomic E-state index is -0.794. The van der Waals surface area contributed by atoms with E-state index in [9.17, 15) is 14.4 Å². The monoisotopic (exact) mass is 448 g/mol. The van der Waals surface area contributed by atoms with E-state index in [4.69, 9.17) is 0 Å². The zero-order valence-electron chi connectivity index (χ0n) is 19.5. The van der Waals surface area contributed by atoms with Crippen LogP contribution in [0.1, 0.15) is 90.4 Å². The Labute approximate surface area is 192 Å². The highest BCUT2D eigenvalue weighted by atomic mass is 32.2. The number of rotatable bonds is 4. The van der Waals surface area contributed by atoms with Crippen molar-refractivity contribution in [1.82, 2.24) is 9.80 Å². The number of hydrogen-bond donors (Lipinski definition) is 0. The largest absolute Gasteiger partial charge is 0.327 e. The number of hydrogen-bond acceptors (Lipinski definition) is 4. The first kappa shape index (κ1) is 23.1. The molecule has 0 N–H and O–H groups in total. The van der Waals surface area contributed by atoms with Gasteiger partial charge in [0.1, 0.15) is 5.54 Å². The van der Waals surface area contributed by atoms with E-state index < -0.39 is 5.54 Å². The number of urea groups is 1. The summed E-state index contributed by atoms with van der Waals surface area (Å²) in [6.07, 6.45) is 15.2. The smallest absolute Gasteiger partial charge is 0.313 e. The van der Waals surface area contributed by atoms with Crippen molar-refractivity contribution in [1.29, 1.82) is 0 Å². The fraction of sp³-hybridized carbons (Fsp3) is 0.880. The van der Waals surface area contributed by atoms with Crippen LogP contribution in [0.25, 0.3) is 0 Å². The van der Waals surface area contributed by atoms with Gasteiger partial charge in [-0.15, -0.1) is 0 Å². The molecule has 0 aromatic carbocycles. The van der Waals surface area contributed by atoms with Gasteiger partial charge in [0.25, 0.3) is 5.91 Å². The summed E-state index contributed by atoms with van der Waals surface area (Å²) in [4.78, 5) is 43.1. The lowest BCUT2D eigenvalue weighted by Gasteiger charge is -2.38. The van der Waals surface area contributed by atoms with Gasteiger partial charge in [-0.2, -0.15) is 11.8 Å². The molecule has 0 aromatic heterocycles. The van der Waals surface area contributed by atoms with E-state index in [0.717, 1.165) is 50.0 Å². The molecule has 0 radical (unpaired) electrons. The molecule has 5 nitrogen and oxygen atoms in total. The van der Waals surface area contributed by atoms with E-state index in [-0.39, 0.29) is 41.5 Å². The molecule has 2 atom stereocenters. The van der Waals surface area contributed by atoms with Crippen LogP contribution < -0.4 is 0 Å². The number of nitrogens with zero attached hydrogens (tertiary/aromatic N) is 2. The van der Waals surface area contributed by atoms with Gasteiger partial charge in [0.2, 0.25) is 0 Å². The molecular weight excluding hydrogens is 408 g/mol. The molecule has 2 saturated carbocycles. The van der Waals surface area contributed by atoms with E-state index >= 15 is 0 Å². The topological polar surface area (TPSA) is 57.7 Å². The Morgan fingerprint density at radius 3 is 2.19 bits per heavy atom. The predicted octanol–water partition coefficient (Wildman–Crippen LogP) is 5.27. The summed E-state index contributed by atoms with van der Waals surface area (Å²) in [5, 5.41) is 0. The number of carbonyl (C=O) groups is 3. The van der Waals surface area contributed by atoms with Gasteiger partial charge in [0.15, 0.2) is 5.78 Å². The van der Waals surface area contributed by atoms with Crippen LogP contribution in [0.5, 0.6) is 0 Å². The molecule has 174 valence electrons. The molecule has 4 aliphatic rings. The Kier molecular flexibility index (Phi) is 7.05. The third-order valence-electron chi connectivity index (χ3n) is 9.01. The Bertz CT molecular complexity index is 695. The van der Waals surface area contributed by atoms with E-state index in [0.29, 0.717) is 0 Å². The van der Waals surface area contributed by atoms with Gasteiger partial charge >= 0.3 is 6.03 Å². The molecule has 4 rings (SSSR count). The first-order valence-electron chi connectivity index (χ1n) is 12.6. The second-order valence-electron chi connectivity index (χ2n) is 10.7. The van der Waals surface area contributed by atoms with Gasteiger partial charge in [0, 0.05) is 18.7 Å². The molecule has 31 heavy (non-hydrogen) atoms. The molecule has 0 aromatic rings. The summed E-state index contributed by atoms with van der Waals surface area (Å²) < 4.78 is 0. The van der Waals surface area contributed by atoms with Crippen molar-refractivity contribution < 1.29 is 14.4 Å². The number of carbonyl (C=O) groups excluding carboxylic acids is 3. The van der Waals surface area contributed by atoms with Gasteiger partial charge in [-0.25, -0.2) is 4.79 Å². The molecule has 4 fully saturated rings. The van der Waals surface area contributed by atoms with Crippen LogP contribution in [0.3, 0.4) is 0 Å². The second kappa shape index (κ2) is 9.44. The molecule has 2 unspecified atom stereocenters. The summed E-state index contributed by atoms with van der Waals surface area (Å²) >= 11 is 1.90. The van der Waals surface area contributed by atoms with Crippen molar-refractivity contribution in [2.24, 2.45) is 17.3 Å². The Morgan fingerprint density at radius 1 is 0.968 bits per heavy atom. The molecule has 0 bridgehead atoms. The van der Waals surface area contributed by atoms with Crippen LogP contribution in [0.2, 0.25) is 0 Å². The van der Waals surface area contributed by atoms with Crippen molar-refractivity contribution in [3.63, 3.8) is 0 Å². The normalized spacial score (nSPS) is 32.9.